The van der Waals surface area contributed by atoms with Crippen molar-refractivity contribution in [3.8, 4) is 17.1 Å². The first-order valence-corrected chi connectivity index (χ1v) is 11.7. The van der Waals surface area contributed by atoms with Crippen molar-refractivity contribution in [1.82, 2.24) is 20.2 Å². The first-order chi connectivity index (χ1) is 16.8. The number of hydrogen-bond donors (Lipinski definition) is 2. The molecule has 0 aliphatic carbocycles. The van der Waals surface area contributed by atoms with Gasteiger partial charge in [-0.25, -0.2) is 4.98 Å². The van der Waals surface area contributed by atoms with E-state index in [0.29, 0.717) is 59.8 Å². The van der Waals surface area contributed by atoms with Gasteiger partial charge in [0, 0.05) is 31.1 Å². The Bertz CT molecular complexity index is 1260. The second-order valence-corrected chi connectivity index (χ2v) is 8.46. The van der Waals surface area contributed by atoms with Crippen LogP contribution in [0.15, 0.2) is 41.4 Å². The van der Waals surface area contributed by atoms with E-state index in [2.05, 4.69) is 20.6 Å². The maximum atomic E-state index is 13.3. The van der Waals surface area contributed by atoms with Crippen molar-refractivity contribution in [1.29, 1.82) is 0 Å². The van der Waals surface area contributed by atoms with E-state index in [1.54, 1.807) is 22.8 Å². The third-order valence-corrected chi connectivity index (χ3v) is 5.73. The maximum absolute atomic E-state index is 13.3. The molecule has 0 fully saturated rings. The average molecular weight is 508 g/mol. The molecule has 7 nitrogen and oxygen atoms in total. The van der Waals surface area contributed by atoms with Gasteiger partial charge in [-0.15, -0.1) is 0 Å². The molecule has 4 rings (SSSR count). The number of benzene rings is 2. The number of carbonyl (C=O) groups excluding carboxylic acids is 1. The number of nitrogens with zero attached hydrogens (tertiary/aromatic N) is 3. The van der Waals surface area contributed by atoms with E-state index in [1.165, 1.54) is 6.07 Å². The minimum atomic E-state index is -4.49. The first kappa shape index (κ1) is 24.8. The Morgan fingerprint density at radius 2 is 2.09 bits per heavy atom. The minimum absolute atomic E-state index is 0.193. The maximum Gasteiger partial charge on any atom is 0.416 e. The van der Waals surface area contributed by atoms with Crippen LogP contribution >= 0.6 is 11.6 Å². The van der Waals surface area contributed by atoms with Crippen molar-refractivity contribution in [2.24, 2.45) is 4.99 Å². The number of hydrogen-bond acceptors (Lipinski definition) is 5. The fraction of sp³-hybridized carbons (Fsp3) is 0.375. The van der Waals surface area contributed by atoms with E-state index >= 15 is 0 Å². The molecule has 35 heavy (non-hydrogen) atoms. The summed E-state index contributed by atoms with van der Waals surface area (Å²) in [6.07, 6.45) is -2.94. The van der Waals surface area contributed by atoms with Gasteiger partial charge in [0.25, 0.3) is 0 Å². The molecule has 0 atom stereocenters. The lowest BCUT2D eigenvalue weighted by Gasteiger charge is -2.15. The smallest absolute Gasteiger partial charge is 0.416 e. The number of aromatic nitrogens is 2. The van der Waals surface area contributed by atoms with Gasteiger partial charge >= 0.3 is 6.18 Å². The molecule has 1 amide bonds. The summed E-state index contributed by atoms with van der Waals surface area (Å²) < 4.78 is 47.5. The zero-order valence-corrected chi connectivity index (χ0v) is 19.8. The zero-order valence-electron chi connectivity index (χ0n) is 19.1. The molecule has 1 aliphatic heterocycles. The number of guanidine groups is 1. The predicted molar refractivity (Wildman–Crippen MR) is 129 cm³/mol. The highest BCUT2D eigenvalue weighted by molar-refractivity contribution is 6.31. The number of rotatable bonds is 7. The van der Waals surface area contributed by atoms with Gasteiger partial charge in [0.2, 0.25) is 5.91 Å². The molecule has 1 aromatic heterocycles. The van der Waals surface area contributed by atoms with Gasteiger partial charge in [0.05, 0.1) is 28.8 Å². The van der Waals surface area contributed by atoms with Crippen LogP contribution in [0.25, 0.3) is 22.4 Å². The summed E-state index contributed by atoms with van der Waals surface area (Å²) in [5.74, 6) is 1.21. The Morgan fingerprint density at radius 1 is 1.26 bits per heavy atom. The fourth-order valence-electron chi connectivity index (χ4n) is 3.91. The second kappa shape index (κ2) is 10.6. The molecule has 0 unspecified atom stereocenters. The molecule has 0 saturated carbocycles. The number of imidazole rings is 1. The number of aliphatic imine (C=N–C) groups is 1. The highest BCUT2D eigenvalue weighted by atomic mass is 35.5. The molecule has 0 spiro atoms. The van der Waals surface area contributed by atoms with E-state index in [9.17, 15) is 18.0 Å². The Morgan fingerprint density at radius 3 is 2.80 bits per heavy atom. The molecule has 0 radical (unpaired) electrons. The highest BCUT2D eigenvalue weighted by Gasteiger charge is 2.31. The number of ether oxygens (including phenoxy) is 1. The summed E-state index contributed by atoms with van der Waals surface area (Å²) in [4.78, 5) is 21.1. The normalized spacial score (nSPS) is 13.9. The number of nitrogens with one attached hydrogen (secondary N) is 2. The minimum Gasteiger partial charge on any atom is -0.493 e. The molecule has 0 saturated heterocycles. The van der Waals surface area contributed by atoms with Crippen LogP contribution in [0.5, 0.6) is 5.75 Å². The van der Waals surface area contributed by atoms with E-state index < -0.39 is 11.7 Å². The number of amides is 1. The Balaban J connectivity index is 1.66. The van der Waals surface area contributed by atoms with Crippen molar-refractivity contribution in [3.05, 3.63) is 47.0 Å². The van der Waals surface area contributed by atoms with E-state index in [0.717, 1.165) is 25.1 Å². The molecule has 1 aliphatic rings. The van der Waals surface area contributed by atoms with Crippen molar-refractivity contribution < 1.29 is 22.7 Å². The summed E-state index contributed by atoms with van der Waals surface area (Å²) in [5, 5.41) is 6.23. The highest BCUT2D eigenvalue weighted by Crippen LogP contribution is 2.36. The van der Waals surface area contributed by atoms with Crippen LogP contribution in [-0.4, -0.2) is 41.1 Å². The van der Waals surface area contributed by atoms with Crippen LogP contribution < -0.4 is 15.4 Å². The summed E-state index contributed by atoms with van der Waals surface area (Å²) in [7, 11) is 0. The first-order valence-electron chi connectivity index (χ1n) is 11.3. The van der Waals surface area contributed by atoms with Crippen molar-refractivity contribution in [3.63, 3.8) is 0 Å². The van der Waals surface area contributed by atoms with Gasteiger partial charge in [-0.2, -0.15) is 13.2 Å². The number of halogens is 4. The Kier molecular flexibility index (Phi) is 7.49. The topological polar surface area (TPSA) is 80.5 Å². The lowest BCUT2D eigenvalue weighted by molar-refractivity contribution is -0.137. The van der Waals surface area contributed by atoms with Gasteiger partial charge in [-0.1, -0.05) is 11.6 Å². The third kappa shape index (κ3) is 5.87. The van der Waals surface area contributed by atoms with Crippen LogP contribution in [0.3, 0.4) is 0 Å². The van der Waals surface area contributed by atoms with E-state index in [4.69, 9.17) is 16.3 Å². The third-order valence-electron chi connectivity index (χ3n) is 5.50. The zero-order chi connectivity index (χ0) is 25.0. The quantitative estimate of drug-likeness (QED) is 0.470. The number of alkyl halides is 3. The van der Waals surface area contributed by atoms with Crippen molar-refractivity contribution in [2.75, 3.05) is 19.7 Å². The monoisotopic (exact) mass is 507 g/mol. The summed E-state index contributed by atoms with van der Waals surface area (Å²) in [6.45, 7) is 3.99. The molecule has 2 N–H and O–H groups in total. The number of carbonyl (C=O) groups is 1. The van der Waals surface area contributed by atoms with Crippen LogP contribution in [-0.2, 0) is 17.5 Å². The lowest BCUT2D eigenvalue weighted by atomic mass is 10.1. The van der Waals surface area contributed by atoms with E-state index in [1.807, 2.05) is 6.92 Å². The summed E-state index contributed by atoms with van der Waals surface area (Å²) in [5.41, 5.74) is 0.503. The van der Waals surface area contributed by atoms with Crippen LogP contribution in [0.2, 0.25) is 5.02 Å². The summed E-state index contributed by atoms with van der Waals surface area (Å²) in [6, 6.07) is 8.52. The predicted octanol–water partition coefficient (Wildman–Crippen LogP) is 5.02. The largest absolute Gasteiger partial charge is 0.493 e. The molecule has 11 heteroatoms. The average Bonchev–Trinajstić information content (AvgIpc) is 3.18. The fourth-order valence-corrected chi connectivity index (χ4v) is 4.08. The van der Waals surface area contributed by atoms with Gasteiger partial charge in [0.15, 0.2) is 5.96 Å². The van der Waals surface area contributed by atoms with Gasteiger partial charge in [0.1, 0.15) is 11.6 Å². The number of fused-ring (bicyclic) bond motifs is 1. The summed E-state index contributed by atoms with van der Waals surface area (Å²) >= 11 is 6.23. The van der Waals surface area contributed by atoms with Crippen LogP contribution in [0, 0.1) is 0 Å². The van der Waals surface area contributed by atoms with Gasteiger partial charge in [-0.3, -0.25) is 15.1 Å². The van der Waals surface area contributed by atoms with E-state index in [-0.39, 0.29) is 17.8 Å². The SMILES string of the molecule is CCOc1ccc(Cl)cc1-c1nc2cc(C(F)(F)F)ccc2n1CCCC(=O)NC1=NCCCN1. The molecule has 2 aromatic carbocycles. The molecular weight excluding hydrogens is 483 g/mol. The Labute approximate surface area is 205 Å². The van der Waals surface area contributed by atoms with Crippen molar-refractivity contribution in [2.45, 2.75) is 38.9 Å². The Hall–Kier alpha value is -3.27. The standard InChI is InChI=1S/C24H25ClF3N5O2/c1-2-35-20-9-7-16(25)14-17(20)22-31-18-13-15(24(26,27)28)6-8-19(18)33(22)12-3-5-21(34)32-23-29-10-4-11-30-23/h6-9,13-14H,2-5,10-12H2,1H3,(H2,29,30,32,34). The second-order valence-electron chi connectivity index (χ2n) is 8.02. The van der Waals surface area contributed by atoms with Gasteiger partial charge < -0.3 is 14.6 Å². The van der Waals surface area contributed by atoms with Crippen molar-refractivity contribution >= 4 is 34.5 Å². The molecule has 186 valence electrons. The molecule has 3 aromatic rings. The molecule has 2 heterocycles. The van der Waals surface area contributed by atoms with Crippen LogP contribution in [0.1, 0.15) is 31.7 Å². The van der Waals surface area contributed by atoms with Crippen LogP contribution in [0.4, 0.5) is 13.2 Å². The van der Waals surface area contributed by atoms with Gasteiger partial charge in [-0.05, 0) is 56.2 Å². The molecular formula is C24H25ClF3N5O2. The molecule has 0 bridgehead atoms. The lowest BCUT2D eigenvalue weighted by Crippen LogP contribution is -2.43. The number of aryl methyl sites for hydroxylation is 1.